The SMILES string of the molecule is c1ccc(-c2nc(-c3ccccc3)nc(-c3ncc(-n4c5ccccc5c5c6c7ccccc7n(-c7nc(-c8ccc9oc%10ccncc%10c9c8)cc(-c8ccc9oc%10ccncc%10c9c8)n7)c6ccc54)cn3)n2)cc1. The number of para-hydroxylation sites is 2. The van der Waals surface area contributed by atoms with Gasteiger partial charge in [0.2, 0.25) is 11.8 Å². The van der Waals surface area contributed by atoms with Gasteiger partial charge in [-0.25, -0.2) is 34.9 Å². The number of hydrogen-bond acceptors (Lipinski definition) is 11. The van der Waals surface area contributed by atoms with E-state index in [2.05, 4.69) is 110 Å². The quantitative estimate of drug-likeness (QED) is 0.150. The third-order valence-electron chi connectivity index (χ3n) is 14.3. The van der Waals surface area contributed by atoms with Crippen molar-refractivity contribution in [1.82, 2.24) is 54.0 Å². The van der Waals surface area contributed by atoms with Crippen LogP contribution < -0.4 is 0 Å². The Balaban J connectivity index is 0.887. The summed E-state index contributed by atoms with van der Waals surface area (Å²) in [5, 5.41) is 8.07. The summed E-state index contributed by atoms with van der Waals surface area (Å²) in [5.41, 5.74) is 12.9. The van der Waals surface area contributed by atoms with E-state index in [1.807, 2.05) is 110 Å². The Hall–Kier alpha value is -10.8. The highest BCUT2D eigenvalue weighted by atomic mass is 16.3. The van der Waals surface area contributed by atoms with Crippen LogP contribution in [0.4, 0.5) is 0 Å². The zero-order chi connectivity index (χ0) is 49.8. The number of hydrogen-bond donors (Lipinski definition) is 0. The molecule has 0 saturated heterocycles. The molecule has 16 rings (SSSR count). The fraction of sp³-hybridized carbons (Fsp3) is 0. The lowest BCUT2D eigenvalue weighted by molar-refractivity contribution is 0.668. The molecule has 0 spiro atoms. The van der Waals surface area contributed by atoms with Crippen LogP contribution in [-0.2, 0) is 0 Å². The summed E-state index contributed by atoms with van der Waals surface area (Å²) < 4.78 is 16.9. The smallest absolute Gasteiger partial charge is 0.235 e. The molecule has 0 aliphatic carbocycles. The van der Waals surface area contributed by atoms with Crippen LogP contribution >= 0.6 is 0 Å². The molecule has 0 saturated carbocycles. The van der Waals surface area contributed by atoms with Crippen LogP contribution in [0.15, 0.2) is 222 Å². The van der Waals surface area contributed by atoms with E-state index in [1.54, 1.807) is 12.4 Å². The van der Waals surface area contributed by atoms with Gasteiger partial charge in [-0.15, -0.1) is 0 Å². The molecule has 7 aromatic carbocycles. The molecular formula is C63H35N11O2. The van der Waals surface area contributed by atoms with Crippen molar-refractivity contribution < 1.29 is 8.83 Å². The molecule has 0 radical (unpaired) electrons. The molecule has 0 unspecified atom stereocenters. The van der Waals surface area contributed by atoms with Crippen LogP contribution in [0, 0.1) is 0 Å². The molecule has 354 valence electrons. The standard InChI is InChI=1S/C63H35N11O2/c1-3-11-36(12-4-1)59-70-60(37-13-5-2-6-14-37)72-62(71-59)61-66-32-40(33-67-61)73-49-17-9-7-15-41(49)57-51(73)21-22-52-58(57)42-16-8-10-18-50(42)74(52)63-68-47(38-19-23-53-43(29-38)45-34-64-27-25-55(45)75-53)31-48(69-63)39-20-24-54-44(30-39)46-35-65-28-26-56(46)76-54/h1-35H. The average Bonchev–Trinajstić information content (AvgIpc) is 4.27. The van der Waals surface area contributed by atoms with Gasteiger partial charge in [-0.1, -0.05) is 97.1 Å². The summed E-state index contributed by atoms with van der Waals surface area (Å²) in [6, 6.07) is 59.3. The van der Waals surface area contributed by atoms with Gasteiger partial charge in [0.25, 0.3) is 0 Å². The van der Waals surface area contributed by atoms with E-state index in [-0.39, 0.29) is 0 Å². The number of nitrogens with zero attached hydrogens (tertiary/aromatic N) is 11. The minimum absolute atomic E-state index is 0.381. The van der Waals surface area contributed by atoms with Crippen molar-refractivity contribution in [2.24, 2.45) is 0 Å². The topological polar surface area (TPSA) is 152 Å². The largest absolute Gasteiger partial charge is 0.456 e. The van der Waals surface area contributed by atoms with Crippen LogP contribution in [0.25, 0.3) is 156 Å². The van der Waals surface area contributed by atoms with Gasteiger partial charge in [0.15, 0.2) is 17.5 Å². The Labute approximate surface area is 430 Å². The molecule has 0 amide bonds. The maximum atomic E-state index is 6.23. The maximum Gasteiger partial charge on any atom is 0.235 e. The number of pyridine rings is 2. The first-order valence-corrected chi connectivity index (χ1v) is 24.7. The van der Waals surface area contributed by atoms with E-state index >= 15 is 0 Å². The van der Waals surface area contributed by atoms with Gasteiger partial charge < -0.3 is 13.4 Å². The molecule has 0 N–H and O–H groups in total. The van der Waals surface area contributed by atoms with Crippen LogP contribution in [0.3, 0.4) is 0 Å². The van der Waals surface area contributed by atoms with Crippen LogP contribution in [0.5, 0.6) is 0 Å². The van der Waals surface area contributed by atoms with Crippen molar-refractivity contribution in [3.05, 3.63) is 213 Å². The lowest BCUT2D eigenvalue weighted by atomic mass is 10.0. The predicted octanol–water partition coefficient (Wildman–Crippen LogP) is 14.6. The zero-order valence-electron chi connectivity index (χ0n) is 39.9. The summed E-state index contributed by atoms with van der Waals surface area (Å²) >= 11 is 0. The Morgan fingerprint density at radius 1 is 0.316 bits per heavy atom. The van der Waals surface area contributed by atoms with Gasteiger partial charge in [-0.2, -0.15) is 0 Å². The van der Waals surface area contributed by atoms with Gasteiger partial charge >= 0.3 is 0 Å². The number of aromatic nitrogens is 11. The summed E-state index contributed by atoms with van der Waals surface area (Å²) in [6.07, 6.45) is 10.9. The number of furan rings is 2. The number of fused-ring (bicyclic) bond motifs is 13. The summed E-state index contributed by atoms with van der Waals surface area (Å²) in [6.45, 7) is 0. The van der Waals surface area contributed by atoms with Crippen molar-refractivity contribution in [2.75, 3.05) is 0 Å². The minimum Gasteiger partial charge on any atom is -0.456 e. The van der Waals surface area contributed by atoms with E-state index in [0.29, 0.717) is 29.2 Å². The molecule has 0 aliphatic heterocycles. The van der Waals surface area contributed by atoms with E-state index in [9.17, 15) is 0 Å². The molecule has 0 fully saturated rings. The molecule has 9 aromatic heterocycles. The maximum absolute atomic E-state index is 6.23. The van der Waals surface area contributed by atoms with Crippen molar-refractivity contribution in [3.8, 4) is 68.6 Å². The first-order chi connectivity index (χ1) is 37.6. The van der Waals surface area contributed by atoms with Crippen LogP contribution in [0.1, 0.15) is 0 Å². The monoisotopic (exact) mass is 977 g/mol. The Bertz CT molecular complexity index is 4820. The lowest BCUT2D eigenvalue weighted by Crippen LogP contribution is -2.04. The Kier molecular flexibility index (Phi) is 9.00. The normalized spacial score (nSPS) is 11.9. The van der Waals surface area contributed by atoms with Crippen LogP contribution in [-0.4, -0.2) is 54.0 Å². The molecule has 76 heavy (non-hydrogen) atoms. The summed E-state index contributed by atoms with van der Waals surface area (Å²) in [5.74, 6) is 2.37. The van der Waals surface area contributed by atoms with Crippen molar-refractivity contribution in [1.29, 1.82) is 0 Å². The molecule has 13 heteroatoms. The zero-order valence-corrected chi connectivity index (χ0v) is 39.9. The third kappa shape index (κ3) is 6.49. The van der Waals surface area contributed by atoms with E-state index < -0.39 is 0 Å². The molecule has 9 heterocycles. The molecule has 0 aliphatic rings. The Morgan fingerprint density at radius 2 is 0.789 bits per heavy atom. The van der Waals surface area contributed by atoms with Crippen LogP contribution in [0.2, 0.25) is 0 Å². The predicted molar refractivity (Wildman–Crippen MR) is 297 cm³/mol. The van der Waals surface area contributed by atoms with E-state index in [4.69, 9.17) is 43.7 Å². The average molecular weight is 978 g/mol. The molecule has 13 nitrogen and oxygen atoms in total. The number of rotatable bonds is 7. The number of benzene rings is 7. The van der Waals surface area contributed by atoms with Crippen molar-refractivity contribution in [2.45, 2.75) is 0 Å². The second-order valence-corrected chi connectivity index (χ2v) is 18.7. The van der Waals surface area contributed by atoms with Gasteiger partial charge in [-0.3, -0.25) is 14.5 Å². The second kappa shape index (κ2) is 16.4. The summed E-state index contributed by atoms with van der Waals surface area (Å²) in [4.78, 5) is 44.3. The van der Waals surface area contributed by atoms with Gasteiger partial charge in [0, 0.05) is 90.1 Å². The highest BCUT2D eigenvalue weighted by Crippen LogP contribution is 2.43. The van der Waals surface area contributed by atoms with E-state index in [0.717, 1.165) is 127 Å². The fourth-order valence-electron chi connectivity index (χ4n) is 10.9. The minimum atomic E-state index is 0.381. The van der Waals surface area contributed by atoms with Crippen molar-refractivity contribution in [3.63, 3.8) is 0 Å². The van der Waals surface area contributed by atoms with Crippen molar-refractivity contribution >= 4 is 87.5 Å². The fourth-order valence-corrected chi connectivity index (χ4v) is 10.9. The Morgan fingerprint density at radius 3 is 1.34 bits per heavy atom. The van der Waals surface area contributed by atoms with Gasteiger partial charge in [0.1, 0.15) is 22.3 Å². The molecule has 0 atom stereocenters. The highest BCUT2D eigenvalue weighted by molar-refractivity contribution is 6.29. The van der Waals surface area contributed by atoms with Gasteiger partial charge in [0.05, 0.1) is 51.5 Å². The third-order valence-corrected chi connectivity index (χ3v) is 14.3. The first kappa shape index (κ1) is 41.8. The second-order valence-electron chi connectivity index (χ2n) is 18.7. The summed E-state index contributed by atoms with van der Waals surface area (Å²) in [7, 11) is 0. The first-order valence-electron chi connectivity index (χ1n) is 24.7. The molecule has 16 aromatic rings. The van der Waals surface area contributed by atoms with E-state index in [1.165, 1.54) is 0 Å². The highest BCUT2D eigenvalue weighted by Gasteiger charge is 2.24. The lowest BCUT2D eigenvalue weighted by Gasteiger charge is -2.12. The molecular weight excluding hydrogens is 943 g/mol. The molecule has 0 bridgehead atoms. The van der Waals surface area contributed by atoms with Gasteiger partial charge in [-0.05, 0) is 78.9 Å².